The summed E-state index contributed by atoms with van der Waals surface area (Å²) in [5, 5.41) is 0. The monoisotopic (exact) mass is 220 g/mol. The van der Waals surface area contributed by atoms with Crippen LogP contribution in [-0.4, -0.2) is 9.97 Å². The maximum Gasteiger partial charge on any atom is 0.251 e. The Morgan fingerprint density at radius 1 is 1.44 bits per heavy atom. The molecule has 0 saturated heterocycles. The van der Waals surface area contributed by atoms with Gasteiger partial charge in [0.05, 0.1) is 5.69 Å². The van der Waals surface area contributed by atoms with Crippen LogP contribution < -0.4 is 5.56 Å². The molecule has 1 aromatic heterocycles. The second-order valence-corrected chi connectivity index (χ2v) is 5.33. The Morgan fingerprint density at radius 3 is 2.75 bits per heavy atom. The molecule has 1 aliphatic rings. The number of rotatable bonds is 2. The Bertz CT molecular complexity index is 422. The molecular formula is C13H20N2O. The lowest BCUT2D eigenvalue weighted by atomic mass is 10.0. The molecule has 0 amide bonds. The maximum atomic E-state index is 11.6. The number of nitrogens with one attached hydrogen (secondary N) is 1. The van der Waals surface area contributed by atoms with Gasteiger partial charge in [-0.05, 0) is 31.1 Å². The van der Waals surface area contributed by atoms with E-state index in [0.29, 0.717) is 11.8 Å². The fourth-order valence-corrected chi connectivity index (χ4v) is 2.44. The van der Waals surface area contributed by atoms with Crippen LogP contribution in [0.3, 0.4) is 0 Å². The first-order valence-corrected chi connectivity index (χ1v) is 6.17. The Balaban J connectivity index is 2.30. The summed E-state index contributed by atoms with van der Waals surface area (Å²) in [7, 11) is 0. The van der Waals surface area contributed by atoms with Crippen LogP contribution in [0.1, 0.15) is 63.4 Å². The van der Waals surface area contributed by atoms with Gasteiger partial charge < -0.3 is 4.98 Å². The Morgan fingerprint density at radius 2 is 2.19 bits per heavy atom. The summed E-state index contributed by atoms with van der Waals surface area (Å²) in [4.78, 5) is 19.1. The van der Waals surface area contributed by atoms with Crippen molar-refractivity contribution in [1.29, 1.82) is 0 Å². The molecular weight excluding hydrogens is 200 g/mol. The van der Waals surface area contributed by atoms with E-state index in [2.05, 4.69) is 30.7 Å². The molecule has 3 heteroatoms. The van der Waals surface area contributed by atoms with E-state index < -0.39 is 0 Å². The number of hydrogen-bond donors (Lipinski definition) is 1. The summed E-state index contributed by atoms with van der Waals surface area (Å²) in [5.41, 5.74) is 0.909. The number of H-pyrrole nitrogens is 1. The predicted molar refractivity (Wildman–Crippen MR) is 64.7 cm³/mol. The second kappa shape index (κ2) is 4.40. The highest BCUT2D eigenvalue weighted by Gasteiger charge is 2.25. The zero-order valence-corrected chi connectivity index (χ0v) is 10.3. The van der Waals surface area contributed by atoms with E-state index in [-0.39, 0.29) is 5.56 Å². The number of aromatic amines is 1. The van der Waals surface area contributed by atoms with Gasteiger partial charge in [0.15, 0.2) is 0 Å². The number of nitrogens with zero attached hydrogens (tertiary/aromatic N) is 1. The molecule has 2 unspecified atom stereocenters. The zero-order valence-electron chi connectivity index (χ0n) is 10.3. The van der Waals surface area contributed by atoms with Crippen LogP contribution in [-0.2, 0) is 0 Å². The first-order chi connectivity index (χ1) is 7.56. The molecule has 1 heterocycles. The summed E-state index contributed by atoms with van der Waals surface area (Å²) in [6.07, 6.45) is 3.57. The summed E-state index contributed by atoms with van der Waals surface area (Å²) >= 11 is 0. The molecule has 1 aromatic rings. The van der Waals surface area contributed by atoms with Gasteiger partial charge in [-0.3, -0.25) is 4.79 Å². The van der Waals surface area contributed by atoms with Crippen LogP contribution in [0.15, 0.2) is 10.9 Å². The van der Waals surface area contributed by atoms with Crippen molar-refractivity contribution in [2.24, 2.45) is 5.92 Å². The lowest BCUT2D eigenvalue weighted by molar-refractivity contribution is 0.581. The van der Waals surface area contributed by atoms with Gasteiger partial charge in [-0.1, -0.05) is 20.8 Å². The zero-order chi connectivity index (χ0) is 11.7. The minimum Gasteiger partial charge on any atom is -0.310 e. The Labute approximate surface area is 96.3 Å². The van der Waals surface area contributed by atoms with Crippen LogP contribution in [0.2, 0.25) is 0 Å². The van der Waals surface area contributed by atoms with Crippen LogP contribution in [0.25, 0.3) is 0 Å². The third kappa shape index (κ3) is 2.34. The van der Waals surface area contributed by atoms with Crippen LogP contribution >= 0.6 is 0 Å². The van der Waals surface area contributed by atoms with Crippen molar-refractivity contribution in [3.63, 3.8) is 0 Å². The van der Waals surface area contributed by atoms with Gasteiger partial charge in [0.1, 0.15) is 5.82 Å². The van der Waals surface area contributed by atoms with Crippen molar-refractivity contribution in [2.75, 3.05) is 0 Å². The largest absolute Gasteiger partial charge is 0.310 e. The lowest BCUT2D eigenvalue weighted by Gasteiger charge is -2.11. The molecule has 1 fully saturated rings. The normalized spacial score (nSPS) is 25.2. The highest BCUT2D eigenvalue weighted by atomic mass is 16.1. The van der Waals surface area contributed by atoms with Crippen molar-refractivity contribution in [2.45, 2.75) is 51.9 Å². The minimum atomic E-state index is -0.00625. The summed E-state index contributed by atoms with van der Waals surface area (Å²) < 4.78 is 0. The molecule has 2 rings (SSSR count). The molecule has 0 spiro atoms. The fraction of sp³-hybridized carbons (Fsp3) is 0.692. The van der Waals surface area contributed by atoms with Gasteiger partial charge in [-0.15, -0.1) is 0 Å². The van der Waals surface area contributed by atoms with E-state index in [1.165, 1.54) is 6.42 Å². The van der Waals surface area contributed by atoms with E-state index in [4.69, 9.17) is 0 Å². The molecule has 88 valence electrons. The van der Waals surface area contributed by atoms with Crippen molar-refractivity contribution in [3.05, 3.63) is 27.9 Å². The Kier molecular flexibility index (Phi) is 3.13. The predicted octanol–water partition coefficient (Wildman–Crippen LogP) is 2.80. The first kappa shape index (κ1) is 11.4. The van der Waals surface area contributed by atoms with Crippen LogP contribution in [0.4, 0.5) is 0 Å². The highest BCUT2D eigenvalue weighted by molar-refractivity contribution is 5.10. The average Bonchev–Trinajstić information content (AvgIpc) is 2.64. The van der Waals surface area contributed by atoms with E-state index in [0.717, 1.165) is 30.3 Å². The summed E-state index contributed by atoms with van der Waals surface area (Å²) in [5.74, 6) is 2.44. The van der Waals surface area contributed by atoms with E-state index >= 15 is 0 Å². The second-order valence-electron chi connectivity index (χ2n) is 5.33. The summed E-state index contributed by atoms with van der Waals surface area (Å²) in [6.45, 7) is 6.41. The van der Waals surface area contributed by atoms with Gasteiger partial charge in [-0.25, -0.2) is 4.98 Å². The van der Waals surface area contributed by atoms with E-state index in [9.17, 15) is 4.79 Å². The molecule has 3 nitrogen and oxygen atoms in total. The Hall–Kier alpha value is -1.12. The molecule has 0 aliphatic heterocycles. The van der Waals surface area contributed by atoms with E-state index in [1.807, 2.05) is 0 Å². The lowest BCUT2D eigenvalue weighted by Crippen LogP contribution is -2.15. The van der Waals surface area contributed by atoms with Gasteiger partial charge in [-0.2, -0.15) is 0 Å². The first-order valence-electron chi connectivity index (χ1n) is 6.17. The average molecular weight is 220 g/mol. The third-order valence-electron chi connectivity index (χ3n) is 3.45. The summed E-state index contributed by atoms with van der Waals surface area (Å²) in [6, 6.07) is 1.62. The molecule has 2 atom stereocenters. The van der Waals surface area contributed by atoms with Crippen LogP contribution in [0.5, 0.6) is 0 Å². The van der Waals surface area contributed by atoms with Gasteiger partial charge >= 0.3 is 0 Å². The van der Waals surface area contributed by atoms with Crippen molar-refractivity contribution >= 4 is 0 Å². The highest BCUT2D eigenvalue weighted by Crippen LogP contribution is 2.36. The molecule has 0 radical (unpaired) electrons. The molecule has 1 N–H and O–H groups in total. The van der Waals surface area contributed by atoms with Crippen molar-refractivity contribution in [3.8, 4) is 0 Å². The van der Waals surface area contributed by atoms with Gasteiger partial charge in [0, 0.05) is 12.0 Å². The molecule has 16 heavy (non-hydrogen) atoms. The number of hydrogen-bond acceptors (Lipinski definition) is 2. The molecule has 0 bridgehead atoms. The third-order valence-corrected chi connectivity index (χ3v) is 3.45. The molecule has 1 aliphatic carbocycles. The standard InChI is InChI=1S/C13H20N2O/c1-8(2)11-7-12(16)15-13(14-11)10-5-4-9(3)6-10/h7-10H,4-6H2,1-3H3,(H,14,15,16). The topological polar surface area (TPSA) is 45.8 Å². The number of aromatic nitrogens is 2. The van der Waals surface area contributed by atoms with Gasteiger partial charge in [0.25, 0.3) is 5.56 Å². The molecule has 0 aromatic carbocycles. The molecule has 1 saturated carbocycles. The minimum absolute atomic E-state index is 0.00625. The van der Waals surface area contributed by atoms with Crippen LogP contribution in [0, 0.1) is 5.92 Å². The van der Waals surface area contributed by atoms with E-state index in [1.54, 1.807) is 6.07 Å². The quantitative estimate of drug-likeness (QED) is 0.833. The SMILES string of the molecule is CC1CCC(c2nc(C(C)C)cc(=O)[nH]2)C1. The van der Waals surface area contributed by atoms with Crippen molar-refractivity contribution in [1.82, 2.24) is 9.97 Å². The smallest absolute Gasteiger partial charge is 0.251 e. The fourth-order valence-electron chi connectivity index (χ4n) is 2.44. The van der Waals surface area contributed by atoms with Gasteiger partial charge in [0.2, 0.25) is 0 Å². The maximum absolute atomic E-state index is 11.6. The van der Waals surface area contributed by atoms with Crippen molar-refractivity contribution < 1.29 is 0 Å².